The molecule has 3 aromatic rings. The molecule has 3 aromatic carbocycles. The van der Waals surface area contributed by atoms with Crippen molar-refractivity contribution in [1.82, 2.24) is 10.2 Å². The van der Waals surface area contributed by atoms with E-state index in [0.717, 1.165) is 11.1 Å². The van der Waals surface area contributed by atoms with Gasteiger partial charge in [-0.25, -0.2) is 9.69 Å². The molecule has 0 aromatic heterocycles. The zero-order chi connectivity index (χ0) is 22.8. The predicted molar refractivity (Wildman–Crippen MR) is 121 cm³/mol. The third-order valence-corrected chi connectivity index (χ3v) is 6.11. The number of ether oxygens (including phenoxy) is 3. The molecule has 2 fully saturated rings. The minimum Gasteiger partial charge on any atom is -0.497 e. The van der Waals surface area contributed by atoms with E-state index in [1.807, 2.05) is 65.6 Å². The number of benzene rings is 3. The van der Waals surface area contributed by atoms with Crippen LogP contribution in [0.2, 0.25) is 0 Å². The summed E-state index contributed by atoms with van der Waals surface area (Å²) in [4.78, 5) is 28.4. The van der Waals surface area contributed by atoms with Crippen molar-refractivity contribution in [2.45, 2.75) is 17.8 Å². The van der Waals surface area contributed by atoms with Gasteiger partial charge >= 0.3 is 11.9 Å². The molecule has 1 N–H and O–H groups in total. The highest BCUT2D eigenvalue weighted by Gasteiger charge is 2.61. The number of cyclic esters (lactones) is 1. The van der Waals surface area contributed by atoms with Crippen LogP contribution in [-0.4, -0.2) is 49.1 Å². The van der Waals surface area contributed by atoms with E-state index < -0.39 is 23.8 Å². The summed E-state index contributed by atoms with van der Waals surface area (Å²) >= 11 is 0. The molecule has 7 nitrogen and oxygen atoms in total. The number of nitrogens with zero attached hydrogens (tertiary/aromatic N) is 1. The van der Waals surface area contributed by atoms with Crippen LogP contribution in [0.3, 0.4) is 0 Å². The Bertz CT molecular complexity index is 1090. The molecule has 0 radical (unpaired) electrons. The second-order valence-corrected chi connectivity index (χ2v) is 7.99. The van der Waals surface area contributed by atoms with Crippen LogP contribution in [0.15, 0.2) is 84.9 Å². The van der Waals surface area contributed by atoms with Crippen molar-refractivity contribution in [1.29, 1.82) is 0 Å². The first-order valence-electron chi connectivity index (χ1n) is 10.8. The van der Waals surface area contributed by atoms with Gasteiger partial charge in [-0.15, -0.1) is 0 Å². The number of carbonyl (C=O) groups is 2. The smallest absolute Gasteiger partial charge is 0.330 e. The molecule has 0 aliphatic carbocycles. The molecule has 168 valence electrons. The van der Waals surface area contributed by atoms with Gasteiger partial charge in [0.2, 0.25) is 5.72 Å². The van der Waals surface area contributed by atoms with Crippen molar-refractivity contribution < 1.29 is 23.8 Å². The molecular formula is C26H24N2O5. The molecule has 2 saturated heterocycles. The highest BCUT2D eigenvalue weighted by Crippen LogP contribution is 2.45. The fourth-order valence-corrected chi connectivity index (χ4v) is 4.61. The Kier molecular flexibility index (Phi) is 5.58. The van der Waals surface area contributed by atoms with Crippen molar-refractivity contribution in [3.63, 3.8) is 0 Å². The van der Waals surface area contributed by atoms with Crippen molar-refractivity contribution in [3.8, 4) is 11.5 Å². The minimum absolute atomic E-state index is 0.323. The van der Waals surface area contributed by atoms with Gasteiger partial charge in [0.1, 0.15) is 23.6 Å². The maximum Gasteiger partial charge on any atom is 0.330 e. The Morgan fingerprint density at radius 3 is 2.06 bits per heavy atom. The van der Waals surface area contributed by atoms with E-state index in [0.29, 0.717) is 24.6 Å². The molecule has 33 heavy (non-hydrogen) atoms. The molecule has 0 bridgehead atoms. The van der Waals surface area contributed by atoms with E-state index in [4.69, 9.17) is 14.2 Å². The maximum atomic E-state index is 13.4. The van der Waals surface area contributed by atoms with Gasteiger partial charge in [0, 0.05) is 24.2 Å². The SMILES string of the molecule is COc1ccc(OC(=O)C2CNCC3C(=O)OC(c4ccccc4)(c4ccccc4)N23)cc1. The summed E-state index contributed by atoms with van der Waals surface area (Å²) in [5.41, 5.74) is 0.308. The zero-order valence-corrected chi connectivity index (χ0v) is 18.1. The lowest BCUT2D eigenvalue weighted by atomic mass is 9.90. The molecule has 0 amide bonds. The number of fused-ring (bicyclic) bond motifs is 1. The van der Waals surface area contributed by atoms with Crippen molar-refractivity contribution in [3.05, 3.63) is 96.1 Å². The maximum absolute atomic E-state index is 13.4. The van der Waals surface area contributed by atoms with Crippen molar-refractivity contribution >= 4 is 11.9 Å². The van der Waals surface area contributed by atoms with Crippen LogP contribution < -0.4 is 14.8 Å². The highest BCUT2D eigenvalue weighted by atomic mass is 16.6. The monoisotopic (exact) mass is 444 g/mol. The average Bonchev–Trinajstić information content (AvgIpc) is 3.19. The Labute approximate surface area is 191 Å². The summed E-state index contributed by atoms with van der Waals surface area (Å²) < 4.78 is 17.0. The van der Waals surface area contributed by atoms with Gasteiger partial charge in [0.25, 0.3) is 0 Å². The fourth-order valence-electron chi connectivity index (χ4n) is 4.61. The van der Waals surface area contributed by atoms with Crippen LogP contribution in [0.1, 0.15) is 11.1 Å². The molecule has 2 aliphatic heterocycles. The molecule has 2 atom stereocenters. The average molecular weight is 444 g/mol. The molecule has 5 rings (SSSR count). The van der Waals surface area contributed by atoms with E-state index in [-0.39, 0.29) is 5.97 Å². The van der Waals surface area contributed by atoms with Gasteiger partial charge in [-0.05, 0) is 24.3 Å². The van der Waals surface area contributed by atoms with E-state index in [1.165, 1.54) is 0 Å². The first-order chi connectivity index (χ1) is 16.1. The number of hydrogen-bond acceptors (Lipinski definition) is 7. The van der Waals surface area contributed by atoms with E-state index in [2.05, 4.69) is 5.32 Å². The van der Waals surface area contributed by atoms with Gasteiger partial charge in [-0.2, -0.15) is 0 Å². The lowest BCUT2D eigenvalue weighted by Crippen LogP contribution is -2.64. The lowest BCUT2D eigenvalue weighted by molar-refractivity contribution is -0.157. The molecular weight excluding hydrogens is 420 g/mol. The van der Waals surface area contributed by atoms with E-state index >= 15 is 0 Å². The molecule has 0 saturated carbocycles. The quantitative estimate of drug-likeness (QED) is 0.479. The fraction of sp³-hybridized carbons (Fsp3) is 0.231. The summed E-state index contributed by atoms with van der Waals surface area (Å²) in [5.74, 6) is 0.225. The largest absolute Gasteiger partial charge is 0.497 e. The standard InChI is InChI=1S/C26H24N2O5/c1-31-20-12-14-21(15-13-20)32-24(29)22-16-27-17-23-25(30)33-26(28(22)23,18-8-4-2-5-9-18)19-10-6-3-7-11-19/h2-15,22-23,27H,16-17H2,1H3. The van der Waals surface area contributed by atoms with Crippen molar-refractivity contribution in [2.75, 3.05) is 20.2 Å². The molecule has 2 heterocycles. The second kappa shape index (κ2) is 8.69. The van der Waals surface area contributed by atoms with Crippen LogP contribution in [-0.2, 0) is 20.1 Å². The first-order valence-corrected chi connectivity index (χ1v) is 10.8. The predicted octanol–water partition coefficient (Wildman–Crippen LogP) is 2.70. The van der Waals surface area contributed by atoms with Gasteiger partial charge in [-0.3, -0.25) is 4.79 Å². The van der Waals surface area contributed by atoms with Crippen LogP contribution in [0.25, 0.3) is 0 Å². The number of rotatable bonds is 5. The van der Waals surface area contributed by atoms with Gasteiger partial charge < -0.3 is 19.5 Å². The highest BCUT2D eigenvalue weighted by molar-refractivity contribution is 5.85. The van der Waals surface area contributed by atoms with Gasteiger partial charge in [0.05, 0.1) is 7.11 Å². The molecule has 0 spiro atoms. The third-order valence-electron chi connectivity index (χ3n) is 6.11. The number of carbonyl (C=O) groups excluding carboxylic acids is 2. The number of hydrogen-bond donors (Lipinski definition) is 1. The Morgan fingerprint density at radius 1 is 0.909 bits per heavy atom. The first kappa shape index (κ1) is 21.2. The third kappa shape index (κ3) is 3.65. The summed E-state index contributed by atoms with van der Waals surface area (Å²) in [6, 6.07) is 24.5. The topological polar surface area (TPSA) is 77.1 Å². The Morgan fingerprint density at radius 2 is 1.48 bits per heavy atom. The summed E-state index contributed by atoms with van der Waals surface area (Å²) in [6.45, 7) is 0.704. The van der Waals surface area contributed by atoms with Gasteiger partial charge in [-0.1, -0.05) is 60.7 Å². The molecule has 2 unspecified atom stereocenters. The zero-order valence-electron chi connectivity index (χ0n) is 18.1. The number of methoxy groups -OCH3 is 1. The molecule has 2 aliphatic rings. The lowest BCUT2D eigenvalue weighted by Gasteiger charge is -2.44. The summed E-state index contributed by atoms with van der Waals surface area (Å²) in [7, 11) is 1.58. The van der Waals surface area contributed by atoms with Gasteiger partial charge in [0.15, 0.2) is 0 Å². The minimum atomic E-state index is -1.24. The second-order valence-electron chi connectivity index (χ2n) is 7.99. The Balaban J connectivity index is 1.57. The van der Waals surface area contributed by atoms with Crippen LogP contribution in [0.5, 0.6) is 11.5 Å². The van der Waals surface area contributed by atoms with Crippen LogP contribution in [0.4, 0.5) is 0 Å². The number of piperazine rings is 1. The van der Waals surface area contributed by atoms with Crippen LogP contribution in [0, 0.1) is 0 Å². The molecule has 7 heteroatoms. The normalized spacial score (nSPS) is 21.7. The number of esters is 2. The summed E-state index contributed by atoms with van der Waals surface area (Å²) in [6.07, 6.45) is 0. The Hall–Kier alpha value is -3.68. The number of nitrogens with one attached hydrogen (secondary N) is 1. The van der Waals surface area contributed by atoms with Crippen LogP contribution >= 0.6 is 0 Å². The van der Waals surface area contributed by atoms with Crippen molar-refractivity contribution in [2.24, 2.45) is 0 Å². The van der Waals surface area contributed by atoms with E-state index in [1.54, 1.807) is 31.4 Å². The summed E-state index contributed by atoms with van der Waals surface area (Å²) in [5, 5.41) is 3.20. The van der Waals surface area contributed by atoms with E-state index in [9.17, 15) is 9.59 Å².